The largest absolute Gasteiger partial charge is 0.481 e. The Balaban J connectivity index is 1.99. The first kappa shape index (κ1) is 9.93. The molecule has 4 nitrogen and oxygen atoms in total. The molecule has 0 radical (unpaired) electrons. The molecule has 2 fully saturated rings. The summed E-state index contributed by atoms with van der Waals surface area (Å²) in [6, 6.07) is 0. The quantitative estimate of drug-likeness (QED) is 0.694. The molecule has 2 atom stereocenters. The lowest BCUT2D eigenvalue weighted by atomic mass is 9.78. The molecule has 2 aliphatic rings. The van der Waals surface area contributed by atoms with Crippen LogP contribution in [-0.2, 0) is 9.53 Å². The van der Waals surface area contributed by atoms with Gasteiger partial charge < -0.3 is 15.2 Å². The number of carbonyl (C=O) groups is 1. The summed E-state index contributed by atoms with van der Waals surface area (Å²) in [6.45, 7) is 3.00. The van der Waals surface area contributed by atoms with Crippen LogP contribution in [0.25, 0.3) is 0 Å². The topological polar surface area (TPSA) is 58.6 Å². The molecule has 0 aromatic carbocycles. The highest BCUT2D eigenvalue weighted by atomic mass is 16.5. The van der Waals surface area contributed by atoms with Crippen molar-refractivity contribution in [3.8, 4) is 0 Å². The summed E-state index contributed by atoms with van der Waals surface area (Å²) < 4.78 is 5.28. The van der Waals surface area contributed by atoms with Gasteiger partial charge in [-0.2, -0.15) is 0 Å². The maximum atomic E-state index is 11.2. The molecule has 0 aromatic heterocycles. The average Bonchev–Trinajstić information content (AvgIpc) is 2.76. The van der Waals surface area contributed by atoms with Crippen molar-refractivity contribution in [3.63, 3.8) is 0 Å². The number of nitrogens with one attached hydrogen (secondary N) is 1. The van der Waals surface area contributed by atoms with E-state index in [1.807, 2.05) is 0 Å². The van der Waals surface area contributed by atoms with Crippen molar-refractivity contribution in [1.82, 2.24) is 5.32 Å². The van der Waals surface area contributed by atoms with Gasteiger partial charge in [-0.25, -0.2) is 0 Å². The molecule has 0 aliphatic carbocycles. The Morgan fingerprint density at radius 1 is 1.64 bits per heavy atom. The van der Waals surface area contributed by atoms with Gasteiger partial charge in [-0.1, -0.05) is 0 Å². The van der Waals surface area contributed by atoms with E-state index >= 15 is 0 Å². The van der Waals surface area contributed by atoms with Crippen LogP contribution >= 0.6 is 0 Å². The number of hydrogen-bond acceptors (Lipinski definition) is 3. The van der Waals surface area contributed by atoms with Crippen molar-refractivity contribution in [2.24, 2.45) is 11.3 Å². The Morgan fingerprint density at radius 2 is 2.50 bits per heavy atom. The lowest BCUT2D eigenvalue weighted by Gasteiger charge is -2.25. The van der Waals surface area contributed by atoms with Crippen molar-refractivity contribution < 1.29 is 14.6 Å². The van der Waals surface area contributed by atoms with Crippen LogP contribution in [0.15, 0.2) is 0 Å². The Morgan fingerprint density at radius 3 is 3.00 bits per heavy atom. The van der Waals surface area contributed by atoms with Crippen molar-refractivity contribution in [1.29, 1.82) is 0 Å². The van der Waals surface area contributed by atoms with Crippen LogP contribution in [-0.4, -0.2) is 37.4 Å². The van der Waals surface area contributed by atoms with Gasteiger partial charge >= 0.3 is 5.97 Å². The molecule has 0 aromatic rings. The summed E-state index contributed by atoms with van der Waals surface area (Å²) in [7, 11) is 0. The zero-order valence-corrected chi connectivity index (χ0v) is 8.29. The third-order valence-electron chi connectivity index (χ3n) is 3.40. The molecular weight excluding hydrogens is 182 g/mol. The summed E-state index contributed by atoms with van der Waals surface area (Å²) in [5, 5.41) is 12.4. The molecule has 0 saturated carbocycles. The molecular formula is C10H17NO3. The van der Waals surface area contributed by atoms with Gasteiger partial charge in [0.1, 0.15) is 0 Å². The molecule has 2 rings (SSSR count). The normalized spacial score (nSPS) is 37.6. The molecule has 4 heteroatoms. The number of rotatable bonds is 3. The monoisotopic (exact) mass is 199 g/mol. The Kier molecular flexibility index (Phi) is 2.74. The van der Waals surface area contributed by atoms with Gasteiger partial charge in [0.05, 0.1) is 5.41 Å². The van der Waals surface area contributed by atoms with E-state index in [1.165, 1.54) is 0 Å². The van der Waals surface area contributed by atoms with E-state index in [-0.39, 0.29) is 0 Å². The predicted octanol–water partition coefficient (Wildman–Crippen LogP) is 0.477. The van der Waals surface area contributed by atoms with E-state index < -0.39 is 11.4 Å². The molecule has 2 unspecified atom stereocenters. The highest BCUT2D eigenvalue weighted by molar-refractivity contribution is 5.75. The van der Waals surface area contributed by atoms with Crippen molar-refractivity contribution in [2.45, 2.75) is 19.3 Å². The van der Waals surface area contributed by atoms with Crippen LogP contribution in [0.3, 0.4) is 0 Å². The van der Waals surface area contributed by atoms with Gasteiger partial charge in [0, 0.05) is 19.8 Å². The second-order valence-corrected chi connectivity index (χ2v) is 4.45. The average molecular weight is 199 g/mol. The molecule has 2 heterocycles. The Bertz CT molecular complexity index is 217. The van der Waals surface area contributed by atoms with E-state index in [4.69, 9.17) is 4.74 Å². The lowest BCUT2D eigenvalue weighted by Crippen LogP contribution is -2.35. The lowest BCUT2D eigenvalue weighted by molar-refractivity contribution is -0.148. The number of ether oxygens (including phenoxy) is 1. The van der Waals surface area contributed by atoms with E-state index in [0.29, 0.717) is 12.5 Å². The van der Waals surface area contributed by atoms with Gasteiger partial charge in [0.25, 0.3) is 0 Å². The number of hydrogen-bond donors (Lipinski definition) is 2. The summed E-state index contributed by atoms with van der Waals surface area (Å²) in [5.74, 6) is -0.194. The number of aliphatic carboxylic acids is 1. The molecule has 2 N–H and O–H groups in total. The Labute approximate surface area is 83.6 Å². The fourth-order valence-corrected chi connectivity index (χ4v) is 2.48. The standard InChI is InChI=1S/C10H17NO3/c12-9(13)10(2-3-11-7-10)5-8-1-4-14-6-8/h8,11H,1-7H2,(H,12,13). The second-order valence-electron chi connectivity index (χ2n) is 4.45. The summed E-state index contributed by atoms with van der Waals surface area (Å²) >= 11 is 0. The molecule has 0 bridgehead atoms. The maximum Gasteiger partial charge on any atom is 0.310 e. The molecule has 2 aliphatic heterocycles. The molecule has 2 saturated heterocycles. The first-order valence-electron chi connectivity index (χ1n) is 5.25. The van der Waals surface area contributed by atoms with Gasteiger partial charge in [-0.05, 0) is 31.7 Å². The molecule has 0 amide bonds. The first-order valence-corrected chi connectivity index (χ1v) is 5.25. The van der Waals surface area contributed by atoms with E-state index in [9.17, 15) is 9.90 Å². The van der Waals surface area contributed by atoms with Crippen LogP contribution in [0.5, 0.6) is 0 Å². The fraction of sp³-hybridized carbons (Fsp3) is 0.900. The summed E-state index contributed by atoms with van der Waals surface area (Å²) in [5.41, 5.74) is -0.516. The van der Waals surface area contributed by atoms with Crippen LogP contribution in [0.2, 0.25) is 0 Å². The van der Waals surface area contributed by atoms with E-state index in [1.54, 1.807) is 0 Å². The van der Waals surface area contributed by atoms with Crippen LogP contribution < -0.4 is 5.32 Å². The zero-order chi connectivity index (χ0) is 10.0. The smallest absolute Gasteiger partial charge is 0.310 e. The fourth-order valence-electron chi connectivity index (χ4n) is 2.48. The zero-order valence-electron chi connectivity index (χ0n) is 8.29. The van der Waals surface area contributed by atoms with Gasteiger partial charge in [-0.3, -0.25) is 4.79 Å². The minimum atomic E-state index is -0.644. The third-order valence-corrected chi connectivity index (χ3v) is 3.40. The van der Waals surface area contributed by atoms with Crippen molar-refractivity contribution in [2.75, 3.05) is 26.3 Å². The van der Waals surface area contributed by atoms with Crippen molar-refractivity contribution >= 4 is 5.97 Å². The number of carboxylic acids is 1. The van der Waals surface area contributed by atoms with Crippen LogP contribution in [0.1, 0.15) is 19.3 Å². The van der Waals surface area contributed by atoms with E-state index in [2.05, 4.69) is 5.32 Å². The van der Waals surface area contributed by atoms with E-state index in [0.717, 1.165) is 39.0 Å². The SMILES string of the molecule is O=C(O)C1(CC2CCOC2)CCNC1. The van der Waals surface area contributed by atoms with Crippen molar-refractivity contribution in [3.05, 3.63) is 0 Å². The number of carboxylic acid groups (broad SMARTS) is 1. The summed E-state index contributed by atoms with van der Waals surface area (Å²) in [6.07, 6.45) is 2.56. The Hall–Kier alpha value is -0.610. The molecule has 0 spiro atoms. The van der Waals surface area contributed by atoms with Crippen LogP contribution in [0.4, 0.5) is 0 Å². The first-order chi connectivity index (χ1) is 6.73. The second kappa shape index (κ2) is 3.87. The van der Waals surface area contributed by atoms with Crippen LogP contribution in [0, 0.1) is 11.3 Å². The summed E-state index contributed by atoms with van der Waals surface area (Å²) in [4.78, 5) is 11.2. The minimum Gasteiger partial charge on any atom is -0.481 e. The van der Waals surface area contributed by atoms with Gasteiger partial charge in [0.15, 0.2) is 0 Å². The predicted molar refractivity (Wildman–Crippen MR) is 51.1 cm³/mol. The highest BCUT2D eigenvalue weighted by Crippen LogP contribution is 2.35. The third kappa shape index (κ3) is 1.77. The maximum absolute atomic E-state index is 11.2. The minimum absolute atomic E-state index is 0.450. The molecule has 14 heavy (non-hydrogen) atoms. The molecule has 80 valence electrons. The van der Waals surface area contributed by atoms with Gasteiger partial charge in [0.2, 0.25) is 0 Å². The van der Waals surface area contributed by atoms with Gasteiger partial charge in [-0.15, -0.1) is 0 Å². The highest BCUT2D eigenvalue weighted by Gasteiger charge is 2.43.